The number of amides is 1. The number of halogens is 2. The number of anilines is 2. The number of hydrogen-bond donors (Lipinski definition) is 2. The Kier molecular flexibility index (Phi) is 4.59. The van der Waals surface area contributed by atoms with Gasteiger partial charge in [-0.1, -0.05) is 53.5 Å². The summed E-state index contributed by atoms with van der Waals surface area (Å²) in [4.78, 5) is 17.4. The fourth-order valence-corrected chi connectivity index (χ4v) is 3.54. The van der Waals surface area contributed by atoms with Gasteiger partial charge in [-0.3, -0.25) is 4.79 Å². The zero-order chi connectivity index (χ0) is 19.0. The summed E-state index contributed by atoms with van der Waals surface area (Å²) in [5, 5.41) is 11.1. The lowest BCUT2D eigenvalue weighted by Gasteiger charge is -2.29. The number of allylic oxidation sites excluding steroid dienone is 1. The van der Waals surface area contributed by atoms with Crippen LogP contribution in [0.15, 0.2) is 66.1 Å². The van der Waals surface area contributed by atoms with Crippen molar-refractivity contribution in [2.75, 3.05) is 10.6 Å². The molecular formula is C19H15Cl2N5O. The quantitative estimate of drug-likeness (QED) is 0.679. The molecule has 4 rings (SSSR count). The number of benzene rings is 2. The third-order valence-corrected chi connectivity index (χ3v) is 5.18. The van der Waals surface area contributed by atoms with Gasteiger partial charge in [0.1, 0.15) is 12.4 Å². The number of carbonyl (C=O) groups excluding carboxylic acids is 1. The van der Waals surface area contributed by atoms with E-state index in [4.69, 9.17) is 23.2 Å². The highest BCUT2D eigenvalue weighted by Crippen LogP contribution is 2.40. The molecule has 0 aliphatic carbocycles. The van der Waals surface area contributed by atoms with E-state index >= 15 is 0 Å². The number of para-hydroxylation sites is 1. The molecule has 0 bridgehead atoms. The van der Waals surface area contributed by atoms with Gasteiger partial charge in [0.2, 0.25) is 5.95 Å². The highest BCUT2D eigenvalue weighted by Gasteiger charge is 2.34. The first-order valence-electron chi connectivity index (χ1n) is 8.24. The molecule has 2 N–H and O–H groups in total. The van der Waals surface area contributed by atoms with Crippen LogP contribution < -0.4 is 10.6 Å². The Morgan fingerprint density at radius 2 is 1.93 bits per heavy atom. The fourth-order valence-electron chi connectivity index (χ4n) is 3.12. The van der Waals surface area contributed by atoms with Gasteiger partial charge < -0.3 is 10.6 Å². The van der Waals surface area contributed by atoms with E-state index in [9.17, 15) is 4.79 Å². The Hall–Kier alpha value is -2.83. The molecule has 8 heteroatoms. The molecule has 0 saturated heterocycles. The Bertz CT molecular complexity index is 1050. The molecule has 2 heterocycles. The molecule has 0 radical (unpaired) electrons. The van der Waals surface area contributed by atoms with Crippen molar-refractivity contribution in [3.63, 3.8) is 0 Å². The zero-order valence-corrected chi connectivity index (χ0v) is 15.8. The second kappa shape index (κ2) is 7.06. The number of rotatable bonds is 3. The van der Waals surface area contributed by atoms with E-state index in [1.54, 1.807) is 16.8 Å². The molecule has 27 heavy (non-hydrogen) atoms. The van der Waals surface area contributed by atoms with Crippen LogP contribution in [0.25, 0.3) is 0 Å². The van der Waals surface area contributed by atoms with E-state index < -0.39 is 6.04 Å². The predicted octanol–water partition coefficient (Wildman–Crippen LogP) is 4.51. The first-order valence-corrected chi connectivity index (χ1v) is 8.99. The van der Waals surface area contributed by atoms with Gasteiger partial charge in [-0.25, -0.2) is 4.68 Å². The SMILES string of the molecule is CC1=C(C(=O)Nc2ccccc2)C(c2cccc(Cl)c2Cl)n2ncnc2N1. The number of nitrogens with zero attached hydrogens (tertiary/aromatic N) is 3. The molecule has 0 saturated carbocycles. The lowest BCUT2D eigenvalue weighted by atomic mass is 9.95. The Labute approximate surface area is 165 Å². The first kappa shape index (κ1) is 17.6. The standard InChI is InChI=1S/C19H15Cl2N5O/c1-11-15(18(27)25-12-6-3-2-4-7-12)17(26-19(24-11)22-10-23-26)13-8-5-9-14(20)16(13)21/h2-10,17H,1H3,(H,25,27)(H,22,23,24). The van der Waals surface area contributed by atoms with Crippen molar-refractivity contribution >= 4 is 40.7 Å². The number of fused-ring (bicyclic) bond motifs is 1. The summed E-state index contributed by atoms with van der Waals surface area (Å²) in [6, 6.07) is 14.0. The van der Waals surface area contributed by atoms with Crippen LogP contribution in [-0.4, -0.2) is 20.7 Å². The van der Waals surface area contributed by atoms with Crippen LogP contribution >= 0.6 is 23.2 Å². The molecule has 1 aromatic heterocycles. The smallest absolute Gasteiger partial charge is 0.255 e. The third-order valence-electron chi connectivity index (χ3n) is 4.35. The molecule has 0 spiro atoms. The maximum absolute atomic E-state index is 13.1. The van der Waals surface area contributed by atoms with Crippen molar-refractivity contribution in [1.29, 1.82) is 0 Å². The summed E-state index contributed by atoms with van der Waals surface area (Å²) in [7, 11) is 0. The lowest BCUT2D eigenvalue weighted by Crippen LogP contribution is -2.31. The van der Waals surface area contributed by atoms with E-state index in [1.807, 2.05) is 43.3 Å². The molecule has 1 aliphatic heterocycles. The van der Waals surface area contributed by atoms with Gasteiger partial charge >= 0.3 is 0 Å². The summed E-state index contributed by atoms with van der Waals surface area (Å²) < 4.78 is 1.63. The molecular weight excluding hydrogens is 385 g/mol. The topological polar surface area (TPSA) is 71.8 Å². The van der Waals surface area contributed by atoms with Crippen molar-refractivity contribution in [3.05, 3.63) is 81.7 Å². The Balaban J connectivity index is 1.82. The van der Waals surface area contributed by atoms with Gasteiger partial charge in [-0.15, -0.1) is 0 Å². The van der Waals surface area contributed by atoms with Crippen molar-refractivity contribution < 1.29 is 4.79 Å². The minimum absolute atomic E-state index is 0.256. The average Bonchev–Trinajstić information content (AvgIpc) is 3.12. The van der Waals surface area contributed by atoms with Crippen LogP contribution in [0.2, 0.25) is 10.0 Å². The second-order valence-electron chi connectivity index (χ2n) is 6.06. The predicted molar refractivity (Wildman–Crippen MR) is 106 cm³/mol. The maximum atomic E-state index is 13.1. The third kappa shape index (κ3) is 3.18. The zero-order valence-electron chi connectivity index (χ0n) is 14.3. The number of carbonyl (C=O) groups is 1. The van der Waals surface area contributed by atoms with Crippen LogP contribution in [0, 0.1) is 0 Å². The normalized spacial score (nSPS) is 15.9. The van der Waals surface area contributed by atoms with E-state index in [-0.39, 0.29) is 5.91 Å². The van der Waals surface area contributed by atoms with Crippen LogP contribution in [0.5, 0.6) is 0 Å². The van der Waals surface area contributed by atoms with Gasteiger partial charge in [0.15, 0.2) is 0 Å². The molecule has 1 unspecified atom stereocenters. The molecule has 0 fully saturated rings. The minimum Gasteiger partial charge on any atom is -0.328 e. The van der Waals surface area contributed by atoms with Crippen LogP contribution in [0.3, 0.4) is 0 Å². The van der Waals surface area contributed by atoms with Crippen molar-refractivity contribution in [2.45, 2.75) is 13.0 Å². The maximum Gasteiger partial charge on any atom is 0.255 e. The van der Waals surface area contributed by atoms with Crippen LogP contribution in [0.4, 0.5) is 11.6 Å². The van der Waals surface area contributed by atoms with Gasteiger partial charge in [-0.2, -0.15) is 10.1 Å². The molecule has 1 amide bonds. The van der Waals surface area contributed by atoms with Gasteiger partial charge in [0, 0.05) is 16.9 Å². The summed E-state index contributed by atoms with van der Waals surface area (Å²) in [6.45, 7) is 1.82. The summed E-state index contributed by atoms with van der Waals surface area (Å²) in [5.74, 6) is 0.276. The Morgan fingerprint density at radius 1 is 1.15 bits per heavy atom. The Morgan fingerprint density at radius 3 is 2.70 bits per heavy atom. The highest BCUT2D eigenvalue weighted by atomic mass is 35.5. The van der Waals surface area contributed by atoms with Gasteiger partial charge in [0.05, 0.1) is 15.6 Å². The van der Waals surface area contributed by atoms with Crippen LogP contribution in [-0.2, 0) is 4.79 Å². The average molecular weight is 400 g/mol. The van der Waals surface area contributed by atoms with Crippen molar-refractivity contribution in [3.8, 4) is 0 Å². The van der Waals surface area contributed by atoms with Gasteiger partial charge in [0.25, 0.3) is 5.91 Å². The van der Waals surface area contributed by atoms with E-state index in [0.717, 1.165) is 0 Å². The monoisotopic (exact) mass is 399 g/mol. The van der Waals surface area contributed by atoms with Crippen molar-refractivity contribution in [1.82, 2.24) is 14.8 Å². The molecule has 136 valence electrons. The van der Waals surface area contributed by atoms with E-state index in [1.165, 1.54) is 6.33 Å². The van der Waals surface area contributed by atoms with E-state index in [0.29, 0.717) is 38.5 Å². The number of aromatic nitrogens is 3. The van der Waals surface area contributed by atoms with E-state index in [2.05, 4.69) is 20.7 Å². The van der Waals surface area contributed by atoms with Gasteiger partial charge in [-0.05, 0) is 25.1 Å². The highest BCUT2D eigenvalue weighted by molar-refractivity contribution is 6.42. The summed E-state index contributed by atoms with van der Waals surface area (Å²) in [5.41, 5.74) is 2.53. The fraction of sp³-hybridized carbons (Fsp3) is 0.105. The number of nitrogens with one attached hydrogen (secondary N) is 2. The minimum atomic E-state index is -0.557. The number of hydrogen-bond acceptors (Lipinski definition) is 4. The van der Waals surface area contributed by atoms with Crippen LogP contribution in [0.1, 0.15) is 18.5 Å². The molecule has 1 aliphatic rings. The largest absolute Gasteiger partial charge is 0.328 e. The summed E-state index contributed by atoms with van der Waals surface area (Å²) >= 11 is 12.7. The lowest BCUT2D eigenvalue weighted by molar-refractivity contribution is -0.113. The molecule has 6 nitrogen and oxygen atoms in total. The molecule has 3 aromatic rings. The summed E-state index contributed by atoms with van der Waals surface area (Å²) in [6.07, 6.45) is 1.43. The molecule has 2 aromatic carbocycles. The van der Waals surface area contributed by atoms with Crippen molar-refractivity contribution in [2.24, 2.45) is 0 Å². The first-order chi connectivity index (χ1) is 13.1. The second-order valence-corrected chi connectivity index (χ2v) is 6.84. The molecule has 1 atom stereocenters.